The van der Waals surface area contributed by atoms with Crippen molar-refractivity contribution in [2.45, 2.75) is 160 Å². The average molecular weight is 856 g/mol. The van der Waals surface area contributed by atoms with Crippen molar-refractivity contribution in [1.29, 1.82) is 0 Å². The number of carbonyl (C=O) groups excluding carboxylic acids is 5. The van der Waals surface area contributed by atoms with E-state index in [1.807, 2.05) is 48.5 Å². The van der Waals surface area contributed by atoms with Crippen LogP contribution in [0.3, 0.4) is 0 Å². The van der Waals surface area contributed by atoms with Gasteiger partial charge < -0.3 is 48.4 Å². The van der Waals surface area contributed by atoms with Crippen molar-refractivity contribution >= 4 is 51.3 Å². The molecule has 0 aliphatic rings. The zero-order chi connectivity index (χ0) is 44.5. The Morgan fingerprint density at radius 3 is 1.44 bits per heavy atom. The van der Waals surface area contributed by atoms with Gasteiger partial charge in [-0.25, -0.2) is 0 Å². The topological polar surface area (TPSA) is 243 Å². The molecule has 0 saturated heterocycles. The highest BCUT2D eigenvalue weighted by atomic mass is 16.2. The Balaban J connectivity index is 1.44. The van der Waals surface area contributed by atoms with E-state index in [0.29, 0.717) is 51.6 Å². The molecule has 0 aliphatic heterocycles. The fourth-order valence-corrected chi connectivity index (χ4v) is 8.03. The highest BCUT2D eigenvalue weighted by Crippen LogP contribution is 2.21. The summed E-state index contributed by atoms with van der Waals surface area (Å²) in [4.78, 5) is 74.9. The van der Waals surface area contributed by atoms with Crippen LogP contribution in [0.25, 0.3) is 21.8 Å². The van der Waals surface area contributed by atoms with Crippen molar-refractivity contribution in [3.8, 4) is 0 Å². The summed E-state index contributed by atoms with van der Waals surface area (Å²) >= 11 is 0. The van der Waals surface area contributed by atoms with E-state index in [0.717, 1.165) is 58.6 Å². The van der Waals surface area contributed by atoms with E-state index in [2.05, 4.69) is 38.2 Å². The van der Waals surface area contributed by atoms with Crippen LogP contribution in [0.4, 0.5) is 0 Å². The molecular weight excluding hydrogens is 783 g/mol. The van der Waals surface area contributed by atoms with Crippen LogP contribution in [0.15, 0.2) is 60.9 Å². The molecular formula is C48H73N9O5. The predicted molar refractivity (Wildman–Crippen MR) is 248 cm³/mol. The highest BCUT2D eigenvalue weighted by molar-refractivity contribution is 5.96. The van der Waals surface area contributed by atoms with Gasteiger partial charge >= 0.3 is 0 Å². The minimum atomic E-state index is -1.15. The number of hydrogen-bond donors (Lipinski definition) is 9. The Hall–Kier alpha value is -5.21. The Morgan fingerprint density at radius 1 is 0.516 bits per heavy atom. The maximum absolute atomic E-state index is 14.3. The van der Waals surface area contributed by atoms with E-state index >= 15 is 0 Å². The molecule has 5 amide bonds. The molecule has 4 rings (SSSR count). The number of aromatic amines is 2. The molecule has 0 unspecified atom stereocenters. The number of H-pyrrole nitrogens is 2. The van der Waals surface area contributed by atoms with Gasteiger partial charge in [0.25, 0.3) is 0 Å². The summed E-state index contributed by atoms with van der Waals surface area (Å²) in [5.41, 5.74) is 20.8. The van der Waals surface area contributed by atoms with Crippen LogP contribution in [-0.2, 0) is 36.8 Å². The zero-order valence-electron chi connectivity index (χ0n) is 36.9. The van der Waals surface area contributed by atoms with Crippen molar-refractivity contribution < 1.29 is 24.0 Å². The van der Waals surface area contributed by atoms with Crippen LogP contribution >= 0.6 is 0 Å². The third-order valence-electron chi connectivity index (χ3n) is 11.7. The van der Waals surface area contributed by atoms with Gasteiger partial charge in [0.2, 0.25) is 29.5 Å². The number of amides is 5. The maximum atomic E-state index is 14.3. The molecule has 0 aliphatic carbocycles. The average Bonchev–Trinajstić information content (AvgIpc) is 3.88. The normalized spacial score (nSPS) is 13.3. The van der Waals surface area contributed by atoms with E-state index in [-0.39, 0.29) is 25.2 Å². The van der Waals surface area contributed by atoms with Crippen LogP contribution in [-0.4, -0.2) is 76.8 Å². The Labute approximate surface area is 367 Å². The van der Waals surface area contributed by atoms with Crippen molar-refractivity contribution in [1.82, 2.24) is 31.2 Å². The number of nitrogens with two attached hydrogens (primary N) is 3. The Kier molecular flexibility index (Phi) is 22.1. The number of benzene rings is 2. The highest BCUT2D eigenvalue weighted by Gasteiger charge is 2.32. The monoisotopic (exact) mass is 856 g/mol. The Morgan fingerprint density at radius 2 is 0.935 bits per heavy atom. The van der Waals surface area contributed by atoms with Gasteiger partial charge in [0.1, 0.15) is 24.2 Å². The number of carbonyl (C=O) groups is 5. The zero-order valence-corrected chi connectivity index (χ0v) is 36.9. The predicted octanol–water partition coefficient (Wildman–Crippen LogP) is 5.82. The van der Waals surface area contributed by atoms with E-state index in [9.17, 15) is 24.0 Å². The van der Waals surface area contributed by atoms with Gasteiger partial charge in [0.15, 0.2) is 0 Å². The van der Waals surface area contributed by atoms with Crippen molar-refractivity contribution in [2.75, 3.05) is 13.1 Å². The molecule has 0 bridgehead atoms. The standard InChI is InChI=1S/C48H73N9O5/c1-2-3-4-5-6-7-8-9-10-11-12-27-44(58)54-40(25-17-19-28-49)46(60)55-41(26-18-20-29-50)47(61)57-43(31-35-33-53-39-24-16-14-22-37(35)39)48(62)56-42(45(51)59)30-34-32-52-38-23-15-13-21-36(34)38/h13-16,21-24,32-33,40-43,52-53H,2-12,17-20,25-31,49-50H2,1H3,(H2,51,59)(H,54,58)(H,55,60)(H,56,62)(H,57,61)/t40-,41-,42-,43-/m0/s1. The summed E-state index contributed by atoms with van der Waals surface area (Å²) in [6.07, 6.45) is 20.1. The molecule has 62 heavy (non-hydrogen) atoms. The first kappa shape index (κ1) is 49.4. The lowest BCUT2D eigenvalue weighted by Gasteiger charge is -2.26. The molecule has 0 radical (unpaired) electrons. The second-order valence-corrected chi connectivity index (χ2v) is 16.7. The molecule has 340 valence electrons. The Bertz CT molecular complexity index is 1980. The van der Waals surface area contributed by atoms with Gasteiger partial charge in [-0.05, 0) is 81.3 Å². The molecule has 0 spiro atoms. The molecule has 2 aromatic carbocycles. The molecule has 14 nitrogen and oxygen atoms in total. The van der Waals surface area contributed by atoms with Gasteiger partial charge in [-0.1, -0.05) is 108 Å². The fourth-order valence-electron chi connectivity index (χ4n) is 8.03. The molecule has 0 fully saturated rings. The lowest BCUT2D eigenvalue weighted by Crippen LogP contribution is -2.58. The third kappa shape index (κ3) is 16.6. The number of nitrogens with one attached hydrogen (secondary N) is 6. The fraction of sp³-hybridized carbons (Fsp3) is 0.562. The van der Waals surface area contributed by atoms with Crippen molar-refractivity contribution in [3.63, 3.8) is 0 Å². The number of aromatic nitrogens is 2. The quantitative estimate of drug-likeness (QED) is 0.0273. The maximum Gasteiger partial charge on any atom is 0.243 e. The summed E-state index contributed by atoms with van der Waals surface area (Å²) in [6, 6.07) is 11.1. The van der Waals surface area contributed by atoms with Crippen LogP contribution in [0, 0.1) is 0 Å². The van der Waals surface area contributed by atoms with Gasteiger partial charge in [-0.3, -0.25) is 24.0 Å². The first-order valence-electron chi connectivity index (χ1n) is 23.1. The van der Waals surface area contributed by atoms with Crippen molar-refractivity contribution in [3.05, 3.63) is 72.1 Å². The van der Waals surface area contributed by atoms with Gasteiger partial charge in [0, 0.05) is 53.5 Å². The smallest absolute Gasteiger partial charge is 0.243 e. The largest absolute Gasteiger partial charge is 0.368 e. The third-order valence-corrected chi connectivity index (χ3v) is 11.7. The van der Waals surface area contributed by atoms with Gasteiger partial charge in [0.05, 0.1) is 0 Å². The molecule has 4 aromatic rings. The molecule has 4 atom stereocenters. The van der Waals surface area contributed by atoms with Gasteiger partial charge in [-0.15, -0.1) is 0 Å². The number of hydrogen-bond acceptors (Lipinski definition) is 7. The molecule has 2 aromatic heterocycles. The molecule has 12 N–H and O–H groups in total. The van der Waals surface area contributed by atoms with E-state index in [4.69, 9.17) is 17.2 Å². The lowest BCUT2D eigenvalue weighted by molar-refractivity contribution is -0.134. The summed E-state index contributed by atoms with van der Waals surface area (Å²) in [6.45, 7) is 3.08. The first-order valence-corrected chi connectivity index (χ1v) is 23.1. The number of primary amides is 1. The van der Waals surface area contributed by atoms with E-state index in [1.165, 1.54) is 44.9 Å². The summed E-state index contributed by atoms with van der Waals surface area (Å²) in [5, 5.41) is 13.3. The number of rotatable bonds is 32. The lowest BCUT2D eigenvalue weighted by atomic mass is 10.0. The van der Waals surface area contributed by atoms with E-state index < -0.39 is 47.8 Å². The minimum Gasteiger partial charge on any atom is -0.368 e. The summed E-state index contributed by atoms with van der Waals surface area (Å²) in [7, 11) is 0. The minimum absolute atomic E-state index is 0.0838. The van der Waals surface area contributed by atoms with Crippen LogP contribution in [0.5, 0.6) is 0 Å². The molecule has 0 saturated carbocycles. The van der Waals surface area contributed by atoms with E-state index in [1.54, 1.807) is 12.4 Å². The number of unbranched alkanes of at least 4 members (excludes halogenated alkanes) is 12. The summed E-state index contributed by atoms with van der Waals surface area (Å²) < 4.78 is 0. The SMILES string of the molecule is CCCCCCCCCCCCCC(=O)N[C@@H](CCCCN)C(=O)N[C@@H](CCCCN)C(=O)N[C@@H](Cc1c[nH]c2ccccc12)C(=O)N[C@@H](Cc1c[nH]c2ccccc12)C(N)=O. The number of para-hydroxylation sites is 2. The second-order valence-electron chi connectivity index (χ2n) is 16.7. The number of fused-ring (bicyclic) bond motifs is 2. The van der Waals surface area contributed by atoms with Crippen LogP contribution in [0.1, 0.15) is 134 Å². The summed E-state index contributed by atoms with van der Waals surface area (Å²) in [5.74, 6) is -2.58. The van der Waals surface area contributed by atoms with Crippen molar-refractivity contribution in [2.24, 2.45) is 17.2 Å². The first-order chi connectivity index (χ1) is 30.1. The second kappa shape index (κ2) is 27.7. The molecule has 2 heterocycles. The molecule has 14 heteroatoms. The van der Waals surface area contributed by atoms with Crippen LogP contribution in [0.2, 0.25) is 0 Å². The van der Waals surface area contributed by atoms with Crippen LogP contribution < -0.4 is 38.5 Å². The van der Waals surface area contributed by atoms with Gasteiger partial charge in [-0.2, -0.15) is 0 Å².